The number of aromatic nitrogens is 4. The van der Waals surface area contributed by atoms with E-state index in [0.717, 1.165) is 16.7 Å². The minimum absolute atomic E-state index is 0.0759. The summed E-state index contributed by atoms with van der Waals surface area (Å²) < 4.78 is 0. The molecule has 0 saturated heterocycles. The van der Waals surface area contributed by atoms with Crippen LogP contribution in [0.15, 0.2) is 67.3 Å². The summed E-state index contributed by atoms with van der Waals surface area (Å²) in [6, 6.07) is 16.4. The molecule has 1 amide bonds. The van der Waals surface area contributed by atoms with Crippen molar-refractivity contribution in [2.45, 2.75) is 38.8 Å². The average Bonchev–Trinajstić information content (AvgIpc) is 2.94. The number of anilines is 2. The molecule has 0 aliphatic heterocycles. The van der Waals surface area contributed by atoms with E-state index in [0.29, 0.717) is 34.2 Å². The third-order valence-electron chi connectivity index (χ3n) is 6.00. The van der Waals surface area contributed by atoms with Crippen LogP contribution in [0.25, 0.3) is 22.5 Å². The van der Waals surface area contributed by atoms with E-state index in [9.17, 15) is 15.2 Å². The van der Waals surface area contributed by atoms with Crippen molar-refractivity contribution >= 4 is 17.4 Å². The molecule has 3 N–H and O–H groups in total. The fourth-order valence-corrected chi connectivity index (χ4v) is 3.76. The molecule has 1 aromatic carbocycles. The molecule has 194 valence electrons. The monoisotopic (exact) mass is 518 g/mol. The third kappa shape index (κ3) is 6.39. The van der Waals surface area contributed by atoms with Crippen molar-refractivity contribution in [1.82, 2.24) is 19.9 Å². The van der Waals surface area contributed by atoms with Crippen molar-refractivity contribution in [3.8, 4) is 34.7 Å². The van der Waals surface area contributed by atoms with Crippen LogP contribution in [-0.2, 0) is 5.41 Å². The number of carbonyl (C=O) groups is 1. The second kappa shape index (κ2) is 11.5. The number of aryl methyl sites for hydroxylation is 1. The summed E-state index contributed by atoms with van der Waals surface area (Å²) in [7, 11) is 0. The second-order valence-corrected chi connectivity index (χ2v) is 9.39. The quantitative estimate of drug-likeness (QED) is 0.283. The zero-order chi connectivity index (χ0) is 28.0. The van der Waals surface area contributed by atoms with E-state index in [4.69, 9.17) is 10.2 Å². The number of amides is 1. The van der Waals surface area contributed by atoms with Gasteiger partial charge in [-0.1, -0.05) is 6.07 Å². The highest BCUT2D eigenvalue weighted by atomic mass is 16.3. The molecule has 0 aliphatic carbocycles. The van der Waals surface area contributed by atoms with Crippen LogP contribution in [0.1, 0.15) is 41.9 Å². The van der Waals surface area contributed by atoms with E-state index >= 15 is 0 Å². The van der Waals surface area contributed by atoms with Crippen LogP contribution in [0, 0.1) is 29.6 Å². The SMILES string of the molecule is Cc1ccc(NC(=O)c2ccnc(C(C)(C)C#N)c2)cc1-c1cncc(-c2ccnc(NC(O)CC#N)c2)n1. The fraction of sp³-hybridized carbons (Fsp3) is 0.207. The van der Waals surface area contributed by atoms with E-state index in [1.54, 1.807) is 56.7 Å². The Morgan fingerprint density at radius 1 is 1.05 bits per heavy atom. The minimum atomic E-state index is -1.03. The smallest absolute Gasteiger partial charge is 0.255 e. The molecular formula is C29H26N8O2. The van der Waals surface area contributed by atoms with Crippen LogP contribution >= 0.6 is 0 Å². The highest BCUT2D eigenvalue weighted by Gasteiger charge is 2.22. The standard InChI is InChI=1S/C29H26N8O2/c1-18-4-5-21(35-28(39)20-8-10-33-25(12-20)29(2,3)17-31)14-22(18)24-16-32-15-23(36-24)19-7-11-34-26(13-19)37-27(38)6-9-30/h4-5,7-8,10-16,27,38H,6H2,1-3H3,(H,34,37)(H,35,39). The van der Waals surface area contributed by atoms with Crippen LogP contribution < -0.4 is 10.6 Å². The number of nitriles is 2. The van der Waals surface area contributed by atoms with Crippen LogP contribution in [0.2, 0.25) is 0 Å². The van der Waals surface area contributed by atoms with Gasteiger partial charge in [0.25, 0.3) is 5.91 Å². The van der Waals surface area contributed by atoms with E-state index < -0.39 is 11.6 Å². The van der Waals surface area contributed by atoms with Gasteiger partial charge in [-0.2, -0.15) is 10.5 Å². The molecule has 10 heteroatoms. The van der Waals surface area contributed by atoms with Crippen LogP contribution in [-0.4, -0.2) is 37.2 Å². The average molecular weight is 519 g/mol. The molecule has 0 bridgehead atoms. The van der Waals surface area contributed by atoms with Gasteiger partial charge in [-0.25, -0.2) is 9.97 Å². The lowest BCUT2D eigenvalue weighted by molar-refractivity contribution is 0.102. The van der Waals surface area contributed by atoms with Crippen molar-refractivity contribution in [1.29, 1.82) is 10.5 Å². The zero-order valence-electron chi connectivity index (χ0n) is 21.7. The van der Waals surface area contributed by atoms with Crippen LogP contribution in [0.3, 0.4) is 0 Å². The first-order valence-corrected chi connectivity index (χ1v) is 12.1. The van der Waals surface area contributed by atoms with E-state index in [1.807, 2.05) is 31.2 Å². The summed E-state index contributed by atoms with van der Waals surface area (Å²) in [4.78, 5) is 30.6. The molecule has 3 aromatic heterocycles. The van der Waals surface area contributed by atoms with Crippen molar-refractivity contribution in [3.63, 3.8) is 0 Å². The van der Waals surface area contributed by atoms with Crippen molar-refractivity contribution in [2.75, 3.05) is 10.6 Å². The topological polar surface area (TPSA) is 160 Å². The summed E-state index contributed by atoms with van der Waals surface area (Å²) in [5.74, 6) is 0.0817. The molecule has 0 spiro atoms. The van der Waals surface area contributed by atoms with Gasteiger partial charge in [0.15, 0.2) is 0 Å². The Kier molecular flexibility index (Phi) is 7.90. The number of benzene rings is 1. The molecule has 3 heterocycles. The number of aliphatic hydroxyl groups excluding tert-OH is 1. The van der Waals surface area contributed by atoms with Gasteiger partial charge < -0.3 is 15.7 Å². The maximum atomic E-state index is 13.0. The van der Waals surface area contributed by atoms with Crippen molar-refractivity contribution in [2.24, 2.45) is 0 Å². The van der Waals surface area contributed by atoms with E-state index in [1.165, 1.54) is 6.20 Å². The van der Waals surface area contributed by atoms with Gasteiger partial charge in [0.2, 0.25) is 0 Å². The molecule has 0 radical (unpaired) electrons. The maximum absolute atomic E-state index is 13.0. The minimum Gasteiger partial charge on any atom is -0.373 e. The Bertz CT molecular complexity index is 1600. The van der Waals surface area contributed by atoms with Gasteiger partial charge in [0.1, 0.15) is 12.0 Å². The Labute approximate surface area is 226 Å². The van der Waals surface area contributed by atoms with Gasteiger partial charge in [0.05, 0.1) is 53.4 Å². The summed E-state index contributed by atoms with van der Waals surface area (Å²) >= 11 is 0. The van der Waals surface area contributed by atoms with Gasteiger partial charge in [-0.15, -0.1) is 0 Å². The maximum Gasteiger partial charge on any atom is 0.255 e. The summed E-state index contributed by atoms with van der Waals surface area (Å²) in [5, 5.41) is 33.7. The number of rotatable bonds is 8. The number of nitrogens with one attached hydrogen (secondary N) is 2. The molecule has 0 aliphatic rings. The van der Waals surface area contributed by atoms with Gasteiger partial charge in [0, 0.05) is 34.8 Å². The molecular weight excluding hydrogens is 492 g/mol. The van der Waals surface area contributed by atoms with Crippen LogP contribution in [0.5, 0.6) is 0 Å². The largest absolute Gasteiger partial charge is 0.373 e. The molecule has 0 fully saturated rings. The number of pyridine rings is 2. The first kappa shape index (κ1) is 26.9. The van der Waals surface area contributed by atoms with E-state index in [-0.39, 0.29) is 12.3 Å². The first-order chi connectivity index (χ1) is 18.7. The second-order valence-electron chi connectivity index (χ2n) is 9.39. The number of carbonyl (C=O) groups excluding carboxylic acids is 1. The van der Waals surface area contributed by atoms with Crippen molar-refractivity contribution < 1.29 is 9.90 Å². The summed E-state index contributed by atoms with van der Waals surface area (Å²) in [5.41, 5.74) is 4.33. The molecule has 1 atom stereocenters. The Hall–Kier alpha value is -5.19. The number of aliphatic hydroxyl groups is 1. The third-order valence-corrected chi connectivity index (χ3v) is 6.00. The predicted octanol–water partition coefficient (Wildman–Crippen LogP) is 4.61. The van der Waals surface area contributed by atoms with Gasteiger partial charge in [-0.3, -0.25) is 14.8 Å². The fourth-order valence-electron chi connectivity index (χ4n) is 3.76. The summed E-state index contributed by atoms with van der Waals surface area (Å²) in [6.45, 7) is 5.44. The molecule has 0 saturated carbocycles. The molecule has 1 unspecified atom stereocenters. The predicted molar refractivity (Wildman–Crippen MR) is 146 cm³/mol. The Morgan fingerprint density at radius 3 is 2.59 bits per heavy atom. The molecule has 10 nitrogen and oxygen atoms in total. The summed E-state index contributed by atoms with van der Waals surface area (Å²) in [6.07, 6.45) is 5.26. The molecule has 39 heavy (non-hydrogen) atoms. The number of hydrogen-bond donors (Lipinski definition) is 3. The highest BCUT2D eigenvalue weighted by molar-refractivity contribution is 6.04. The Balaban J connectivity index is 1.59. The van der Waals surface area contributed by atoms with Gasteiger partial charge >= 0.3 is 0 Å². The zero-order valence-corrected chi connectivity index (χ0v) is 21.7. The number of nitrogens with zero attached hydrogens (tertiary/aromatic N) is 6. The Morgan fingerprint density at radius 2 is 1.82 bits per heavy atom. The lowest BCUT2D eigenvalue weighted by Crippen LogP contribution is -2.18. The lowest BCUT2D eigenvalue weighted by atomic mass is 9.90. The molecule has 4 rings (SSSR count). The number of hydrogen-bond acceptors (Lipinski definition) is 9. The first-order valence-electron chi connectivity index (χ1n) is 12.1. The van der Waals surface area contributed by atoms with E-state index in [2.05, 4.69) is 31.7 Å². The normalized spacial score (nSPS) is 11.6. The van der Waals surface area contributed by atoms with Gasteiger partial charge in [-0.05, 0) is 62.7 Å². The highest BCUT2D eigenvalue weighted by Crippen LogP contribution is 2.28. The lowest BCUT2D eigenvalue weighted by Gasteiger charge is -2.15. The molecule has 4 aromatic rings. The van der Waals surface area contributed by atoms with Crippen LogP contribution in [0.4, 0.5) is 11.5 Å². The van der Waals surface area contributed by atoms with Crippen molar-refractivity contribution in [3.05, 3.63) is 84.1 Å².